The first-order valence-electron chi connectivity index (χ1n) is 10.8. The molecule has 1 aliphatic heterocycles. The number of fused-ring (bicyclic) bond motifs is 1. The van der Waals surface area contributed by atoms with Crippen LogP contribution in [-0.4, -0.2) is 27.9 Å². The van der Waals surface area contributed by atoms with Crippen molar-refractivity contribution in [3.05, 3.63) is 88.4 Å². The molecule has 4 aromatic rings. The number of allylic oxidation sites excluding steroid dienone is 1. The molecule has 33 heavy (non-hydrogen) atoms. The molecule has 7 nitrogen and oxygen atoms in total. The van der Waals surface area contributed by atoms with Crippen molar-refractivity contribution >= 4 is 28.4 Å². The Kier molecular flexibility index (Phi) is 5.99. The van der Waals surface area contributed by atoms with Gasteiger partial charge in [-0.05, 0) is 47.4 Å². The van der Waals surface area contributed by atoms with E-state index in [0.717, 1.165) is 42.3 Å². The Bertz CT molecular complexity index is 1290. The molecular formula is C25H24N6OS. The van der Waals surface area contributed by atoms with Crippen LogP contribution in [0.1, 0.15) is 27.5 Å². The number of hydrogen-bond acceptors (Lipinski definition) is 8. The minimum Gasteiger partial charge on any atom is -0.362 e. The Morgan fingerprint density at radius 2 is 2.06 bits per heavy atom. The van der Waals surface area contributed by atoms with Crippen LogP contribution >= 0.6 is 11.3 Å². The summed E-state index contributed by atoms with van der Waals surface area (Å²) in [6.07, 6.45) is 8.50. The maximum absolute atomic E-state index is 7.02. The summed E-state index contributed by atoms with van der Waals surface area (Å²) in [5.74, 6) is 1.21. The Morgan fingerprint density at radius 3 is 2.85 bits per heavy atom. The maximum atomic E-state index is 7.02. The van der Waals surface area contributed by atoms with Gasteiger partial charge in [0.1, 0.15) is 0 Å². The van der Waals surface area contributed by atoms with E-state index in [1.54, 1.807) is 30.5 Å². The second-order valence-electron chi connectivity index (χ2n) is 7.95. The topological polar surface area (TPSA) is 90.9 Å². The zero-order chi connectivity index (χ0) is 22.6. The number of benzene rings is 2. The van der Waals surface area contributed by atoms with Crippen LogP contribution in [0.4, 0.5) is 10.8 Å². The van der Waals surface area contributed by atoms with Crippen molar-refractivity contribution in [3.63, 3.8) is 0 Å². The van der Waals surface area contributed by atoms with Crippen LogP contribution in [0.25, 0.3) is 11.4 Å². The minimum absolute atomic E-state index is 0.574. The maximum Gasteiger partial charge on any atom is 0.223 e. The van der Waals surface area contributed by atoms with E-state index in [1.807, 2.05) is 6.20 Å². The average molecular weight is 457 g/mol. The second-order valence-corrected chi connectivity index (χ2v) is 9.04. The Balaban J connectivity index is 1.26. The van der Waals surface area contributed by atoms with Crippen molar-refractivity contribution in [2.24, 2.45) is 0 Å². The largest absolute Gasteiger partial charge is 0.362 e. The van der Waals surface area contributed by atoms with E-state index in [9.17, 15) is 0 Å². The molecule has 2 N–H and O–H groups in total. The third kappa shape index (κ3) is 4.85. The van der Waals surface area contributed by atoms with Crippen LogP contribution < -0.4 is 10.2 Å². The van der Waals surface area contributed by atoms with E-state index in [4.69, 9.17) is 14.9 Å². The van der Waals surface area contributed by atoms with Crippen molar-refractivity contribution in [2.75, 3.05) is 16.8 Å². The van der Waals surface area contributed by atoms with E-state index in [0.29, 0.717) is 11.7 Å². The van der Waals surface area contributed by atoms with Crippen LogP contribution in [0.5, 0.6) is 0 Å². The summed E-state index contributed by atoms with van der Waals surface area (Å²) in [5.41, 5.74) is 5.90. The van der Waals surface area contributed by atoms with Gasteiger partial charge in [0, 0.05) is 61.2 Å². The van der Waals surface area contributed by atoms with Crippen LogP contribution in [0.15, 0.2) is 65.5 Å². The third-order valence-electron chi connectivity index (χ3n) is 5.59. The second kappa shape index (κ2) is 9.38. The summed E-state index contributed by atoms with van der Waals surface area (Å²) in [7, 11) is 0. The molecule has 0 unspecified atom stereocenters. The van der Waals surface area contributed by atoms with Crippen LogP contribution in [-0.2, 0) is 19.4 Å². The molecule has 2 aromatic heterocycles. The molecule has 2 aromatic carbocycles. The monoisotopic (exact) mass is 456 g/mol. The SMILES string of the molecule is Cc1nc(-c2ccc3c(c2)CN(c2ncc(Cc4ccc(N/C=C\C=N)cc4)s2)CC3)no1. The summed E-state index contributed by atoms with van der Waals surface area (Å²) in [4.78, 5) is 12.7. The van der Waals surface area contributed by atoms with Crippen molar-refractivity contribution in [1.29, 1.82) is 5.41 Å². The molecule has 0 aliphatic carbocycles. The summed E-state index contributed by atoms with van der Waals surface area (Å²) in [6, 6.07) is 14.8. The smallest absolute Gasteiger partial charge is 0.223 e. The van der Waals surface area contributed by atoms with Crippen molar-refractivity contribution in [2.45, 2.75) is 26.3 Å². The van der Waals surface area contributed by atoms with Gasteiger partial charge in [0.15, 0.2) is 5.13 Å². The highest BCUT2D eigenvalue weighted by Crippen LogP contribution is 2.31. The highest BCUT2D eigenvalue weighted by Gasteiger charge is 2.20. The van der Waals surface area contributed by atoms with Gasteiger partial charge in [-0.15, -0.1) is 11.3 Å². The van der Waals surface area contributed by atoms with E-state index in [-0.39, 0.29) is 0 Å². The number of aryl methyl sites for hydroxylation is 1. The third-order valence-corrected chi connectivity index (χ3v) is 6.65. The first kappa shape index (κ1) is 21.1. The van der Waals surface area contributed by atoms with E-state index < -0.39 is 0 Å². The summed E-state index contributed by atoms with van der Waals surface area (Å²) >= 11 is 1.76. The molecule has 8 heteroatoms. The lowest BCUT2D eigenvalue weighted by molar-refractivity contribution is 0.394. The average Bonchev–Trinajstić information content (AvgIpc) is 3.49. The molecule has 0 atom stereocenters. The molecule has 0 radical (unpaired) electrons. The Hall–Kier alpha value is -3.78. The van der Waals surface area contributed by atoms with Crippen molar-refractivity contribution in [1.82, 2.24) is 15.1 Å². The fourth-order valence-electron chi connectivity index (χ4n) is 3.91. The van der Waals surface area contributed by atoms with Gasteiger partial charge in [0.05, 0.1) is 0 Å². The molecule has 0 amide bonds. The fraction of sp³-hybridized carbons (Fsp3) is 0.200. The van der Waals surface area contributed by atoms with Crippen molar-refractivity contribution < 1.29 is 4.52 Å². The molecule has 166 valence electrons. The Labute approximate surface area is 196 Å². The first-order chi connectivity index (χ1) is 16.2. The van der Waals surface area contributed by atoms with Crippen molar-refractivity contribution in [3.8, 4) is 11.4 Å². The lowest BCUT2D eigenvalue weighted by Gasteiger charge is -2.28. The first-order valence-corrected chi connectivity index (χ1v) is 11.6. The molecule has 0 bridgehead atoms. The molecule has 0 saturated carbocycles. The van der Waals surface area contributed by atoms with Crippen LogP contribution in [0.2, 0.25) is 0 Å². The predicted octanol–water partition coefficient (Wildman–Crippen LogP) is 5.23. The lowest BCUT2D eigenvalue weighted by atomic mass is 9.97. The number of hydrogen-bond donors (Lipinski definition) is 2. The van der Waals surface area contributed by atoms with Crippen LogP contribution in [0.3, 0.4) is 0 Å². The number of nitrogens with zero attached hydrogens (tertiary/aromatic N) is 4. The van der Waals surface area contributed by atoms with Gasteiger partial charge in [-0.3, -0.25) is 0 Å². The molecule has 3 heterocycles. The zero-order valence-electron chi connectivity index (χ0n) is 18.3. The van der Waals surface area contributed by atoms with Gasteiger partial charge in [-0.1, -0.05) is 29.4 Å². The summed E-state index contributed by atoms with van der Waals surface area (Å²) in [5, 5.41) is 15.3. The molecular weight excluding hydrogens is 432 g/mol. The number of anilines is 2. The highest BCUT2D eigenvalue weighted by atomic mass is 32.1. The van der Waals surface area contributed by atoms with Gasteiger partial charge in [0.25, 0.3) is 0 Å². The van der Waals surface area contributed by atoms with E-state index in [2.05, 4.69) is 62.8 Å². The van der Waals surface area contributed by atoms with Crippen LogP contribution in [0, 0.1) is 12.3 Å². The number of aromatic nitrogens is 3. The molecule has 0 fully saturated rings. The molecule has 0 spiro atoms. The van der Waals surface area contributed by atoms with Gasteiger partial charge < -0.3 is 20.1 Å². The normalized spacial score (nSPS) is 13.3. The van der Waals surface area contributed by atoms with Gasteiger partial charge in [0.2, 0.25) is 11.7 Å². The summed E-state index contributed by atoms with van der Waals surface area (Å²) in [6.45, 7) is 3.60. The zero-order valence-corrected chi connectivity index (χ0v) is 19.1. The standard InChI is InChI=1S/C25H24N6OS/c1-17-29-24(30-32-17)20-6-5-19-9-12-31(16-21(19)14-20)25-28-15-23(33-25)13-18-3-7-22(8-4-18)27-11-2-10-26/h2-8,10-11,14-15,26-27H,9,12-13,16H2,1H3/b11-2-,26-10?. The predicted molar refractivity (Wildman–Crippen MR) is 132 cm³/mol. The molecule has 5 rings (SSSR count). The highest BCUT2D eigenvalue weighted by molar-refractivity contribution is 7.15. The lowest BCUT2D eigenvalue weighted by Crippen LogP contribution is -2.30. The number of rotatable bonds is 7. The van der Waals surface area contributed by atoms with E-state index >= 15 is 0 Å². The molecule has 1 aliphatic rings. The van der Waals surface area contributed by atoms with Gasteiger partial charge in [-0.2, -0.15) is 4.98 Å². The summed E-state index contributed by atoms with van der Waals surface area (Å²) < 4.78 is 5.14. The number of thiazole rings is 1. The number of nitrogens with one attached hydrogen (secondary N) is 2. The van der Waals surface area contributed by atoms with Gasteiger partial charge >= 0.3 is 0 Å². The minimum atomic E-state index is 0.574. The Morgan fingerprint density at radius 1 is 1.18 bits per heavy atom. The van der Waals surface area contributed by atoms with E-state index in [1.165, 1.54) is 27.8 Å². The fourth-order valence-corrected chi connectivity index (χ4v) is 4.88. The molecule has 0 saturated heterocycles. The van der Waals surface area contributed by atoms with Gasteiger partial charge in [-0.25, -0.2) is 4.98 Å². The quantitative estimate of drug-likeness (QED) is 0.370.